The van der Waals surface area contributed by atoms with Crippen molar-refractivity contribution in [2.45, 2.75) is 18.9 Å². The van der Waals surface area contributed by atoms with Gasteiger partial charge < -0.3 is 19.7 Å². The van der Waals surface area contributed by atoms with Crippen molar-refractivity contribution in [3.8, 4) is 5.75 Å². The van der Waals surface area contributed by atoms with Gasteiger partial charge in [0, 0.05) is 30.7 Å². The van der Waals surface area contributed by atoms with Crippen LogP contribution in [0.1, 0.15) is 34.9 Å². The molecule has 150 valence electrons. The van der Waals surface area contributed by atoms with Gasteiger partial charge in [0.2, 0.25) is 5.43 Å². The molecule has 1 amide bonds. The zero-order valence-corrected chi connectivity index (χ0v) is 16.3. The molecule has 2 aromatic carbocycles. The van der Waals surface area contributed by atoms with Gasteiger partial charge in [0.15, 0.2) is 0 Å². The average Bonchev–Trinajstić information content (AvgIpc) is 2.79. The maximum Gasteiger partial charge on any atom is 0.259 e. The molecule has 1 saturated heterocycles. The van der Waals surface area contributed by atoms with E-state index in [1.807, 2.05) is 30.3 Å². The number of piperidine rings is 1. The summed E-state index contributed by atoms with van der Waals surface area (Å²) in [4.78, 5) is 30.5. The summed E-state index contributed by atoms with van der Waals surface area (Å²) in [5.41, 5.74) is 1.40. The maximum absolute atomic E-state index is 13.0. The first-order valence-corrected chi connectivity index (χ1v) is 9.80. The summed E-state index contributed by atoms with van der Waals surface area (Å²) >= 11 is 0. The number of aliphatic hydroxyl groups is 1. The molecule has 1 aliphatic heterocycles. The lowest BCUT2D eigenvalue weighted by molar-refractivity contribution is 0.0461. The minimum atomic E-state index is -0.535. The minimum absolute atomic E-state index is 0.101. The number of H-pyrrole nitrogens is 1. The van der Waals surface area contributed by atoms with E-state index in [0.29, 0.717) is 42.6 Å². The Bertz CT molecular complexity index is 1070. The highest BCUT2D eigenvalue weighted by Gasteiger charge is 2.29. The lowest BCUT2D eigenvalue weighted by Gasteiger charge is -2.34. The number of hydrogen-bond acceptors (Lipinski definition) is 4. The third-order valence-corrected chi connectivity index (χ3v) is 5.73. The fraction of sp³-hybridized carbons (Fsp3) is 0.304. The van der Waals surface area contributed by atoms with Crippen molar-refractivity contribution in [3.63, 3.8) is 0 Å². The van der Waals surface area contributed by atoms with E-state index >= 15 is 0 Å². The van der Waals surface area contributed by atoms with Crippen LogP contribution in [0.15, 0.2) is 59.5 Å². The van der Waals surface area contributed by atoms with Gasteiger partial charge in [-0.1, -0.05) is 30.3 Å². The standard InChI is InChI=1S/C23H24N2O4/c1-29-17-7-8-18-20(13-17)24-14-19(22(18)27)23(28)25-11-9-16(10-12-25)21(26)15-5-3-2-4-6-15/h2-8,13-14,16,21,26H,9-12H2,1H3,(H,24,27)/t21-/m1/s1. The number of amides is 1. The summed E-state index contributed by atoms with van der Waals surface area (Å²) in [5, 5.41) is 11.1. The van der Waals surface area contributed by atoms with Crippen molar-refractivity contribution >= 4 is 16.8 Å². The van der Waals surface area contributed by atoms with E-state index in [1.165, 1.54) is 6.20 Å². The summed E-state index contributed by atoms with van der Waals surface area (Å²) in [5.74, 6) is 0.478. The molecule has 1 fully saturated rings. The molecule has 0 unspecified atom stereocenters. The topological polar surface area (TPSA) is 82.6 Å². The molecule has 1 aromatic heterocycles. The number of likely N-dealkylation sites (tertiary alicyclic amines) is 1. The van der Waals surface area contributed by atoms with Crippen LogP contribution in [0.2, 0.25) is 0 Å². The van der Waals surface area contributed by atoms with E-state index in [2.05, 4.69) is 4.98 Å². The largest absolute Gasteiger partial charge is 0.497 e. The summed E-state index contributed by atoms with van der Waals surface area (Å²) < 4.78 is 5.18. The quantitative estimate of drug-likeness (QED) is 0.715. The Morgan fingerprint density at radius 2 is 1.90 bits per heavy atom. The predicted molar refractivity (Wildman–Crippen MR) is 111 cm³/mol. The Kier molecular flexibility index (Phi) is 5.36. The molecule has 3 aromatic rings. The third-order valence-electron chi connectivity index (χ3n) is 5.73. The van der Waals surface area contributed by atoms with Gasteiger partial charge in [-0.3, -0.25) is 9.59 Å². The van der Waals surface area contributed by atoms with Crippen LogP contribution in [-0.4, -0.2) is 41.1 Å². The number of nitrogens with zero attached hydrogens (tertiary/aromatic N) is 1. The smallest absolute Gasteiger partial charge is 0.259 e. The van der Waals surface area contributed by atoms with Crippen LogP contribution in [0.4, 0.5) is 0 Å². The second-order valence-corrected chi connectivity index (χ2v) is 7.43. The van der Waals surface area contributed by atoms with Crippen LogP contribution >= 0.6 is 0 Å². The highest BCUT2D eigenvalue weighted by atomic mass is 16.5. The van der Waals surface area contributed by atoms with Crippen molar-refractivity contribution in [2.24, 2.45) is 5.92 Å². The Hall–Kier alpha value is -3.12. The Balaban J connectivity index is 1.48. The van der Waals surface area contributed by atoms with Crippen LogP contribution in [0.5, 0.6) is 5.75 Å². The lowest BCUT2D eigenvalue weighted by Crippen LogP contribution is -2.41. The summed E-state index contributed by atoms with van der Waals surface area (Å²) in [6.45, 7) is 1.04. The van der Waals surface area contributed by atoms with Crippen molar-refractivity contribution in [3.05, 3.63) is 76.1 Å². The van der Waals surface area contributed by atoms with Gasteiger partial charge in [0.05, 0.1) is 18.7 Å². The molecule has 4 rings (SSSR count). The molecule has 0 spiro atoms. The molecule has 1 aliphatic rings. The van der Waals surface area contributed by atoms with Crippen LogP contribution in [0, 0.1) is 5.92 Å². The minimum Gasteiger partial charge on any atom is -0.497 e. The highest BCUT2D eigenvalue weighted by molar-refractivity contribution is 5.97. The molecule has 2 heterocycles. The zero-order valence-electron chi connectivity index (χ0n) is 16.3. The number of aromatic nitrogens is 1. The number of benzene rings is 2. The second kappa shape index (κ2) is 8.09. The van der Waals surface area contributed by atoms with Crippen molar-refractivity contribution in [2.75, 3.05) is 20.2 Å². The molecular formula is C23H24N2O4. The monoisotopic (exact) mass is 392 g/mol. The number of pyridine rings is 1. The van der Waals surface area contributed by atoms with Gasteiger partial charge in [0.1, 0.15) is 11.3 Å². The number of aromatic amines is 1. The van der Waals surface area contributed by atoms with E-state index < -0.39 is 6.10 Å². The van der Waals surface area contributed by atoms with E-state index in [-0.39, 0.29) is 22.8 Å². The number of aliphatic hydroxyl groups excluding tert-OH is 1. The highest BCUT2D eigenvalue weighted by Crippen LogP contribution is 2.31. The number of nitrogens with one attached hydrogen (secondary N) is 1. The van der Waals surface area contributed by atoms with Gasteiger partial charge in [-0.05, 0) is 36.5 Å². The second-order valence-electron chi connectivity index (χ2n) is 7.43. The number of carbonyl (C=O) groups is 1. The normalized spacial score (nSPS) is 16.0. The molecule has 29 heavy (non-hydrogen) atoms. The maximum atomic E-state index is 13.0. The first-order valence-electron chi connectivity index (χ1n) is 9.80. The number of methoxy groups -OCH3 is 1. The number of ether oxygens (including phenoxy) is 1. The zero-order chi connectivity index (χ0) is 20.4. The number of hydrogen-bond donors (Lipinski definition) is 2. The Morgan fingerprint density at radius 3 is 2.59 bits per heavy atom. The van der Waals surface area contributed by atoms with E-state index in [0.717, 1.165) is 5.56 Å². The van der Waals surface area contributed by atoms with Gasteiger partial charge >= 0.3 is 0 Å². The molecule has 0 saturated carbocycles. The Labute approximate surface area is 168 Å². The number of fused-ring (bicyclic) bond motifs is 1. The first-order chi connectivity index (χ1) is 14.1. The Morgan fingerprint density at radius 1 is 1.17 bits per heavy atom. The summed E-state index contributed by atoms with van der Waals surface area (Å²) in [6, 6.07) is 14.7. The molecule has 6 nitrogen and oxygen atoms in total. The number of rotatable bonds is 4. The molecule has 2 N–H and O–H groups in total. The molecule has 0 radical (unpaired) electrons. The molecular weight excluding hydrogens is 368 g/mol. The van der Waals surface area contributed by atoms with Crippen molar-refractivity contribution in [1.82, 2.24) is 9.88 Å². The third kappa shape index (κ3) is 3.76. The number of carbonyl (C=O) groups excluding carboxylic acids is 1. The van der Waals surface area contributed by atoms with E-state index in [4.69, 9.17) is 4.74 Å². The van der Waals surface area contributed by atoms with Crippen molar-refractivity contribution < 1.29 is 14.6 Å². The van der Waals surface area contributed by atoms with Crippen molar-refractivity contribution in [1.29, 1.82) is 0 Å². The summed E-state index contributed by atoms with van der Waals surface area (Å²) in [7, 11) is 1.57. The molecule has 0 aliphatic carbocycles. The average molecular weight is 392 g/mol. The molecule has 0 bridgehead atoms. The SMILES string of the molecule is COc1ccc2c(=O)c(C(=O)N3CCC([C@H](O)c4ccccc4)CC3)c[nH]c2c1. The molecule has 1 atom stereocenters. The molecule has 6 heteroatoms. The fourth-order valence-corrected chi connectivity index (χ4v) is 4.00. The van der Waals surface area contributed by atoms with Gasteiger partial charge in [-0.15, -0.1) is 0 Å². The first kappa shape index (κ1) is 19.2. The van der Waals surface area contributed by atoms with Gasteiger partial charge in [0.25, 0.3) is 5.91 Å². The lowest BCUT2D eigenvalue weighted by atomic mass is 9.87. The van der Waals surface area contributed by atoms with Gasteiger partial charge in [-0.2, -0.15) is 0 Å². The van der Waals surface area contributed by atoms with Crippen LogP contribution < -0.4 is 10.2 Å². The fourth-order valence-electron chi connectivity index (χ4n) is 4.00. The summed E-state index contributed by atoms with van der Waals surface area (Å²) in [6.07, 6.45) is 2.35. The van der Waals surface area contributed by atoms with Gasteiger partial charge in [-0.25, -0.2) is 0 Å². The predicted octanol–water partition coefficient (Wildman–Crippen LogP) is 3.12. The van der Waals surface area contributed by atoms with E-state index in [1.54, 1.807) is 30.2 Å². The van der Waals surface area contributed by atoms with Crippen LogP contribution in [0.3, 0.4) is 0 Å². The van der Waals surface area contributed by atoms with Crippen LogP contribution in [0.25, 0.3) is 10.9 Å². The van der Waals surface area contributed by atoms with E-state index in [9.17, 15) is 14.7 Å². The van der Waals surface area contributed by atoms with Crippen LogP contribution in [-0.2, 0) is 0 Å².